The molecule has 6 nitrogen and oxygen atoms in total. The van der Waals surface area contributed by atoms with Gasteiger partial charge in [-0.2, -0.15) is 0 Å². The van der Waals surface area contributed by atoms with Crippen LogP contribution in [-0.2, 0) is 0 Å². The van der Waals surface area contributed by atoms with Gasteiger partial charge >= 0.3 is 0 Å². The van der Waals surface area contributed by atoms with E-state index < -0.39 is 0 Å². The van der Waals surface area contributed by atoms with Gasteiger partial charge in [-0.1, -0.05) is 6.92 Å². The second kappa shape index (κ2) is 6.76. The predicted molar refractivity (Wildman–Crippen MR) is 86.2 cm³/mol. The third-order valence-corrected chi connectivity index (χ3v) is 4.11. The number of nitrogens with zero attached hydrogens (tertiary/aromatic N) is 3. The third kappa shape index (κ3) is 3.64. The zero-order chi connectivity index (χ0) is 15.4. The van der Waals surface area contributed by atoms with Crippen LogP contribution in [-0.4, -0.2) is 49.6 Å². The molecule has 0 radical (unpaired) electrons. The van der Waals surface area contributed by atoms with Crippen LogP contribution in [0.4, 0.5) is 17.1 Å². The Bertz CT molecular complexity index is 506. The third-order valence-electron chi connectivity index (χ3n) is 4.11. The zero-order valence-corrected chi connectivity index (χ0v) is 13.0. The first-order valence-corrected chi connectivity index (χ1v) is 7.47. The van der Waals surface area contributed by atoms with Crippen molar-refractivity contribution in [3.05, 3.63) is 28.3 Å². The van der Waals surface area contributed by atoms with Crippen LogP contribution in [0.3, 0.4) is 0 Å². The molecule has 1 fully saturated rings. The summed E-state index contributed by atoms with van der Waals surface area (Å²) < 4.78 is 0. The number of nitrogens with one attached hydrogen (secondary N) is 1. The van der Waals surface area contributed by atoms with Crippen molar-refractivity contribution in [1.82, 2.24) is 4.90 Å². The highest BCUT2D eigenvalue weighted by molar-refractivity contribution is 5.64. The van der Waals surface area contributed by atoms with Gasteiger partial charge in [0, 0.05) is 49.7 Å². The van der Waals surface area contributed by atoms with Crippen molar-refractivity contribution in [3.8, 4) is 0 Å². The second-order valence-electron chi connectivity index (χ2n) is 5.62. The van der Waals surface area contributed by atoms with E-state index in [1.807, 2.05) is 6.07 Å². The fraction of sp³-hybridized carbons (Fsp3) is 0.600. The molecule has 1 heterocycles. The van der Waals surface area contributed by atoms with Crippen LogP contribution in [0, 0.1) is 10.1 Å². The Hall–Kier alpha value is -1.82. The lowest BCUT2D eigenvalue weighted by molar-refractivity contribution is -0.384. The topological polar surface area (TPSA) is 61.6 Å². The standard InChI is InChI=1S/C15H24N4O2/c1-4-13-11-17(3)6-5-7-18(13)14-8-12(16-2)9-15(10-14)19(20)21/h8-10,13,16H,4-7,11H2,1-3H3. The molecular formula is C15H24N4O2. The van der Waals surface area contributed by atoms with Gasteiger partial charge in [0.25, 0.3) is 5.69 Å². The van der Waals surface area contributed by atoms with Crippen molar-refractivity contribution in [2.24, 2.45) is 0 Å². The molecule has 1 N–H and O–H groups in total. The molecule has 1 aliphatic heterocycles. The van der Waals surface area contributed by atoms with E-state index in [9.17, 15) is 10.1 Å². The molecule has 1 atom stereocenters. The molecule has 21 heavy (non-hydrogen) atoms. The summed E-state index contributed by atoms with van der Waals surface area (Å²) in [7, 11) is 3.93. The number of hydrogen-bond acceptors (Lipinski definition) is 5. The van der Waals surface area contributed by atoms with Gasteiger partial charge < -0.3 is 15.1 Å². The summed E-state index contributed by atoms with van der Waals surface area (Å²) in [5.74, 6) is 0. The van der Waals surface area contributed by atoms with Crippen molar-refractivity contribution in [2.75, 3.05) is 43.9 Å². The lowest BCUT2D eigenvalue weighted by Crippen LogP contribution is -2.39. The van der Waals surface area contributed by atoms with E-state index in [0.29, 0.717) is 6.04 Å². The molecular weight excluding hydrogens is 268 g/mol. The molecule has 0 amide bonds. The molecule has 6 heteroatoms. The number of hydrogen-bond donors (Lipinski definition) is 1. The number of non-ortho nitro benzene ring substituents is 1. The number of nitro benzene ring substituents is 1. The average molecular weight is 292 g/mol. The fourth-order valence-electron chi connectivity index (χ4n) is 2.94. The van der Waals surface area contributed by atoms with Gasteiger partial charge in [0.15, 0.2) is 0 Å². The van der Waals surface area contributed by atoms with Gasteiger partial charge in [-0.05, 0) is 32.5 Å². The molecule has 0 aliphatic carbocycles. The number of anilines is 2. The van der Waals surface area contributed by atoms with Crippen molar-refractivity contribution < 1.29 is 4.92 Å². The van der Waals surface area contributed by atoms with E-state index in [4.69, 9.17) is 0 Å². The Morgan fingerprint density at radius 1 is 1.38 bits per heavy atom. The first-order valence-electron chi connectivity index (χ1n) is 7.47. The highest BCUT2D eigenvalue weighted by Gasteiger charge is 2.24. The van der Waals surface area contributed by atoms with Gasteiger partial charge in [-0.15, -0.1) is 0 Å². The monoisotopic (exact) mass is 292 g/mol. The van der Waals surface area contributed by atoms with Crippen LogP contribution >= 0.6 is 0 Å². The van der Waals surface area contributed by atoms with Gasteiger partial charge in [0.2, 0.25) is 0 Å². The highest BCUT2D eigenvalue weighted by Crippen LogP contribution is 2.29. The van der Waals surface area contributed by atoms with Crippen LogP contribution in [0.2, 0.25) is 0 Å². The van der Waals surface area contributed by atoms with Crippen molar-refractivity contribution >= 4 is 17.1 Å². The molecule has 0 saturated carbocycles. The SMILES string of the molecule is CCC1CN(C)CCCN1c1cc(NC)cc([N+](=O)[O-])c1. The van der Waals surface area contributed by atoms with Gasteiger partial charge in [0.05, 0.1) is 4.92 Å². The number of benzene rings is 1. The van der Waals surface area contributed by atoms with Crippen molar-refractivity contribution in [1.29, 1.82) is 0 Å². The molecule has 116 valence electrons. The molecule has 1 aliphatic rings. The largest absolute Gasteiger partial charge is 0.388 e. The first kappa shape index (κ1) is 15.6. The summed E-state index contributed by atoms with van der Waals surface area (Å²) in [4.78, 5) is 15.5. The number of nitro groups is 1. The maximum atomic E-state index is 11.1. The summed E-state index contributed by atoms with van der Waals surface area (Å²) in [6.07, 6.45) is 2.10. The van der Waals surface area contributed by atoms with E-state index in [1.165, 1.54) is 0 Å². The number of rotatable bonds is 4. The Morgan fingerprint density at radius 3 is 2.76 bits per heavy atom. The quantitative estimate of drug-likeness (QED) is 0.682. The number of likely N-dealkylation sites (N-methyl/N-ethyl adjacent to an activating group) is 1. The highest BCUT2D eigenvalue weighted by atomic mass is 16.6. The summed E-state index contributed by atoms with van der Waals surface area (Å²) in [5, 5.41) is 14.1. The maximum Gasteiger partial charge on any atom is 0.273 e. The van der Waals surface area contributed by atoms with Crippen molar-refractivity contribution in [3.63, 3.8) is 0 Å². The minimum atomic E-state index is -0.324. The fourth-order valence-corrected chi connectivity index (χ4v) is 2.94. The Balaban J connectivity index is 2.37. The molecule has 1 saturated heterocycles. The molecule has 2 rings (SSSR count). The lowest BCUT2D eigenvalue weighted by atomic mass is 10.1. The van der Waals surface area contributed by atoms with E-state index in [1.54, 1.807) is 19.2 Å². The second-order valence-corrected chi connectivity index (χ2v) is 5.62. The molecule has 1 aromatic rings. The Morgan fingerprint density at radius 2 is 2.14 bits per heavy atom. The molecule has 1 unspecified atom stereocenters. The summed E-state index contributed by atoms with van der Waals surface area (Å²) in [5.41, 5.74) is 1.87. The van der Waals surface area contributed by atoms with Crippen LogP contribution < -0.4 is 10.2 Å². The summed E-state index contributed by atoms with van der Waals surface area (Å²) >= 11 is 0. The van der Waals surface area contributed by atoms with E-state index in [0.717, 1.165) is 43.9 Å². The van der Waals surface area contributed by atoms with Crippen LogP contribution in [0.15, 0.2) is 18.2 Å². The molecule has 0 bridgehead atoms. The molecule has 0 spiro atoms. The van der Waals surface area contributed by atoms with Gasteiger partial charge in [-0.25, -0.2) is 0 Å². The van der Waals surface area contributed by atoms with E-state index >= 15 is 0 Å². The van der Waals surface area contributed by atoms with Gasteiger partial charge in [0.1, 0.15) is 0 Å². The zero-order valence-electron chi connectivity index (χ0n) is 13.0. The summed E-state index contributed by atoms with van der Waals surface area (Å²) in [6.45, 7) is 5.18. The van der Waals surface area contributed by atoms with Crippen LogP contribution in [0.1, 0.15) is 19.8 Å². The first-order chi connectivity index (χ1) is 10.0. The van der Waals surface area contributed by atoms with Crippen LogP contribution in [0.25, 0.3) is 0 Å². The minimum Gasteiger partial charge on any atom is -0.388 e. The minimum absolute atomic E-state index is 0.143. The smallest absolute Gasteiger partial charge is 0.273 e. The van der Waals surface area contributed by atoms with Crippen LogP contribution in [0.5, 0.6) is 0 Å². The van der Waals surface area contributed by atoms with E-state index in [-0.39, 0.29) is 10.6 Å². The summed E-state index contributed by atoms with van der Waals surface area (Å²) in [6, 6.07) is 5.66. The Kier molecular flexibility index (Phi) is 5.01. The maximum absolute atomic E-state index is 11.1. The lowest BCUT2D eigenvalue weighted by Gasteiger charge is -2.32. The van der Waals surface area contributed by atoms with Crippen molar-refractivity contribution in [2.45, 2.75) is 25.8 Å². The van der Waals surface area contributed by atoms with E-state index in [2.05, 4.69) is 29.1 Å². The normalized spacial score (nSPS) is 20.1. The average Bonchev–Trinajstić information content (AvgIpc) is 2.67. The molecule has 0 aromatic heterocycles. The Labute approximate surface area is 125 Å². The predicted octanol–water partition coefficient (Wildman–Crippen LogP) is 2.56. The van der Waals surface area contributed by atoms with Gasteiger partial charge in [-0.3, -0.25) is 10.1 Å². The molecule has 1 aromatic carbocycles.